The van der Waals surface area contributed by atoms with Gasteiger partial charge in [-0.25, -0.2) is 9.59 Å². The maximum Gasteiger partial charge on any atom is 0.329 e. The first-order chi connectivity index (χ1) is 8.10. The highest BCUT2D eigenvalue weighted by Gasteiger charge is 2.11. The molecule has 17 heavy (non-hydrogen) atoms. The second-order valence-corrected chi connectivity index (χ2v) is 2.80. The molecule has 0 aromatic heterocycles. The third-order valence-corrected chi connectivity index (χ3v) is 1.36. The molecule has 0 saturated carbocycles. The standard InChI is InChI=1S/C9H10N2O6/c1-7(17-9(15)3-11-6-13)4-16-8(14)2-10-5-12/h7H,2-4H2,1H3. The largest absolute Gasteiger partial charge is 0.460 e. The van der Waals surface area contributed by atoms with Crippen molar-refractivity contribution < 1.29 is 28.7 Å². The van der Waals surface area contributed by atoms with Crippen molar-refractivity contribution >= 4 is 24.1 Å². The number of ether oxygens (including phenoxy) is 2. The van der Waals surface area contributed by atoms with Gasteiger partial charge in [0, 0.05) is 0 Å². The van der Waals surface area contributed by atoms with Gasteiger partial charge in [0.25, 0.3) is 0 Å². The summed E-state index contributed by atoms with van der Waals surface area (Å²) < 4.78 is 9.33. The highest BCUT2D eigenvalue weighted by molar-refractivity contribution is 5.73. The molecule has 0 fully saturated rings. The number of carbonyl (C=O) groups is 2. The Morgan fingerprint density at radius 1 is 1.12 bits per heavy atom. The fraction of sp³-hybridized carbons (Fsp3) is 0.556. The molecule has 0 rings (SSSR count). The number of rotatable bonds is 7. The van der Waals surface area contributed by atoms with Crippen LogP contribution >= 0.6 is 0 Å². The van der Waals surface area contributed by atoms with Gasteiger partial charge in [-0.3, -0.25) is 9.59 Å². The summed E-state index contributed by atoms with van der Waals surface area (Å²) in [6.07, 6.45) is 1.68. The van der Waals surface area contributed by atoms with Gasteiger partial charge in [0.15, 0.2) is 0 Å². The monoisotopic (exact) mass is 242 g/mol. The van der Waals surface area contributed by atoms with Gasteiger partial charge in [-0.2, -0.15) is 9.98 Å². The molecule has 1 atom stereocenters. The average Bonchev–Trinajstić information content (AvgIpc) is 2.31. The molecule has 0 N–H and O–H groups in total. The molecule has 1 unspecified atom stereocenters. The molecule has 0 saturated heterocycles. The summed E-state index contributed by atoms with van der Waals surface area (Å²) in [5.41, 5.74) is 0. The maximum absolute atomic E-state index is 10.9. The Morgan fingerprint density at radius 2 is 1.65 bits per heavy atom. The van der Waals surface area contributed by atoms with E-state index in [1.807, 2.05) is 0 Å². The minimum atomic E-state index is -0.734. The van der Waals surface area contributed by atoms with E-state index in [-0.39, 0.29) is 6.61 Å². The number of carbonyl (C=O) groups excluding carboxylic acids is 4. The minimum Gasteiger partial charge on any atom is -0.460 e. The third kappa shape index (κ3) is 8.68. The van der Waals surface area contributed by atoms with Crippen molar-refractivity contribution in [2.45, 2.75) is 13.0 Å². The van der Waals surface area contributed by atoms with Gasteiger partial charge in [0.05, 0.1) is 0 Å². The lowest BCUT2D eigenvalue weighted by molar-refractivity contribution is -0.156. The van der Waals surface area contributed by atoms with E-state index in [4.69, 9.17) is 4.74 Å². The van der Waals surface area contributed by atoms with E-state index in [9.17, 15) is 19.2 Å². The fourth-order valence-electron chi connectivity index (χ4n) is 0.745. The number of aliphatic imine (C=N–C) groups is 2. The highest BCUT2D eigenvalue weighted by Crippen LogP contribution is 1.94. The van der Waals surface area contributed by atoms with E-state index in [2.05, 4.69) is 14.7 Å². The first-order valence-corrected chi connectivity index (χ1v) is 4.52. The van der Waals surface area contributed by atoms with Crippen LogP contribution in [0.4, 0.5) is 0 Å². The lowest BCUT2D eigenvalue weighted by Gasteiger charge is -2.11. The van der Waals surface area contributed by atoms with Crippen LogP contribution in [0.1, 0.15) is 6.92 Å². The summed E-state index contributed by atoms with van der Waals surface area (Å²) in [6.45, 7) is 0.444. The summed E-state index contributed by atoms with van der Waals surface area (Å²) in [7, 11) is 0. The van der Waals surface area contributed by atoms with Gasteiger partial charge in [-0.05, 0) is 6.92 Å². The van der Waals surface area contributed by atoms with Gasteiger partial charge in [-0.15, -0.1) is 0 Å². The van der Waals surface area contributed by atoms with Crippen molar-refractivity contribution in [2.75, 3.05) is 19.7 Å². The zero-order chi connectivity index (χ0) is 13.1. The highest BCUT2D eigenvalue weighted by atomic mass is 16.6. The fourth-order valence-corrected chi connectivity index (χ4v) is 0.745. The number of esters is 2. The minimum absolute atomic E-state index is 0.177. The van der Waals surface area contributed by atoms with E-state index in [0.717, 1.165) is 0 Å². The summed E-state index contributed by atoms with van der Waals surface area (Å²) >= 11 is 0. The van der Waals surface area contributed by atoms with Gasteiger partial charge in [0.2, 0.25) is 12.2 Å². The van der Waals surface area contributed by atoms with Crippen LogP contribution in [0.2, 0.25) is 0 Å². The summed E-state index contributed by atoms with van der Waals surface area (Å²) in [4.78, 5) is 47.2. The molecule has 0 amide bonds. The molecule has 0 aromatic rings. The van der Waals surface area contributed by atoms with Crippen LogP contribution in [-0.2, 0) is 28.7 Å². The second kappa shape index (κ2) is 8.96. The molecular weight excluding hydrogens is 232 g/mol. The summed E-state index contributed by atoms with van der Waals surface area (Å²) in [5.74, 6) is -1.47. The predicted octanol–water partition coefficient (Wildman–Crippen LogP) is -0.867. The Bertz CT molecular complexity index is 368. The van der Waals surface area contributed by atoms with Gasteiger partial charge in [-0.1, -0.05) is 0 Å². The topological polar surface area (TPSA) is 111 Å². The number of hydrogen-bond acceptors (Lipinski definition) is 8. The van der Waals surface area contributed by atoms with Crippen molar-refractivity contribution in [3.63, 3.8) is 0 Å². The Balaban J connectivity index is 3.82. The maximum atomic E-state index is 10.9. The van der Waals surface area contributed by atoms with E-state index in [0.29, 0.717) is 0 Å². The molecule has 8 heteroatoms. The van der Waals surface area contributed by atoms with Crippen molar-refractivity contribution in [1.29, 1.82) is 0 Å². The van der Waals surface area contributed by atoms with Crippen LogP contribution in [0.5, 0.6) is 0 Å². The van der Waals surface area contributed by atoms with Crippen LogP contribution < -0.4 is 0 Å². The zero-order valence-corrected chi connectivity index (χ0v) is 9.04. The van der Waals surface area contributed by atoms with Crippen molar-refractivity contribution in [2.24, 2.45) is 9.98 Å². The molecule has 8 nitrogen and oxygen atoms in total. The lowest BCUT2D eigenvalue weighted by atomic mass is 10.4. The zero-order valence-electron chi connectivity index (χ0n) is 9.04. The van der Waals surface area contributed by atoms with Crippen LogP contribution in [-0.4, -0.2) is 49.9 Å². The first kappa shape index (κ1) is 14.7. The third-order valence-electron chi connectivity index (χ3n) is 1.36. The van der Waals surface area contributed by atoms with Gasteiger partial charge < -0.3 is 9.47 Å². The van der Waals surface area contributed by atoms with E-state index in [1.165, 1.54) is 19.1 Å². The first-order valence-electron chi connectivity index (χ1n) is 4.52. The number of hydrogen-bond donors (Lipinski definition) is 0. The normalized spacial score (nSPS) is 10.4. The predicted molar refractivity (Wildman–Crippen MR) is 52.5 cm³/mol. The smallest absolute Gasteiger partial charge is 0.329 e. The van der Waals surface area contributed by atoms with E-state index >= 15 is 0 Å². The Hall–Kier alpha value is -2.30. The average molecular weight is 242 g/mol. The number of nitrogens with zero attached hydrogens (tertiary/aromatic N) is 2. The summed E-state index contributed by atoms with van der Waals surface area (Å²) in [5, 5.41) is 0. The molecule has 0 radical (unpaired) electrons. The quantitative estimate of drug-likeness (QED) is 0.326. The molecule has 0 aliphatic carbocycles. The van der Waals surface area contributed by atoms with Crippen LogP contribution in [0.15, 0.2) is 9.98 Å². The Kier molecular flexibility index (Phi) is 7.75. The van der Waals surface area contributed by atoms with Gasteiger partial charge >= 0.3 is 11.9 Å². The molecule has 0 bridgehead atoms. The molecular formula is C9H10N2O6. The Labute approximate surface area is 96.3 Å². The lowest BCUT2D eigenvalue weighted by Crippen LogP contribution is -2.24. The van der Waals surface area contributed by atoms with E-state index < -0.39 is 31.1 Å². The SMILES string of the molecule is CC(COC(=O)CN=C=O)OC(=O)CN=C=O. The van der Waals surface area contributed by atoms with Crippen molar-refractivity contribution in [1.82, 2.24) is 0 Å². The molecule has 92 valence electrons. The number of isocyanates is 2. The molecule has 0 spiro atoms. The molecule has 0 aliphatic heterocycles. The molecule has 0 aromatic carbocycles. The summed E-state index contributed by atoms with van der Waals surface area (Å²) in [6, 6.07) is 0. The second-order valence-electron chi connectivity index (χ2n) is 2.80. The van der Waals surface area contributed by atoms with Crippen molar-refractivity contribution in [3.8, 4) is 0 Å². The van der Waals surface area contributed by atoms with Crippen molar-refractivity contribution in [3.05, 3.63) is 0 Å². The van der Waals surface area contributed by atoms with Gasteiger partial charge in [0.1, 0.15) is 25.8 Å². The van der Waals surface area contributed by atoms with Crippen LogP contribution in [0.25, 0.3) is 0 Å². The molecule has 0 heterocycles. The molecule has 0 aliphatic rings. The van der Waals surface area contributed by atoms with E-state index in [1.54, 1.807) is 0 Å². The Morgan fingerprint density at radius 3 is 2.18 bits per heavy atom. The van der Waals surface area contributed by atoms with Crippen LogP contribution in [0, 0.1) is 0 Å². The van der Waals surface area contributed by atoms with Crippen LogP contribution in [0.3, 0.4) is 0 Å².